The molecule has 2 heterocycles. The number of methoxy groups -OCH3 is 1. The lowest BCUT2D eigenvalue weighted by Crippen LogP contribution is -2.51. The van der Waals surface area contributed by atoms with Gasteiger partial charge in [0.2, 0.25) is 5.91 Å². The van der Waals surface area contributed by atoms with Crippen molar-refractivity contribution in [1.29, 1.82) is 0 Å². The summed E-state index contributed by atoms with van der Waals surface area (Å²) in [6, 6.07) is 21.7. The molecule has 4 aromatic rings. The van der Waals surface area contributed by atoms with Crippen LogP contribution in [-0.4, -0.2) is 78.3 Å². The zero-order valence-corrected chi connectivity index (χ0v) is 19.9. The third-order valence-corrected chi connectivity index (χ3v) is 6.63. The zero-order valence-electron chi connectivity index (χ0n) is 19.9. The van der Waals surface area contributed by atoms with Gasteiger partial charge in [-0.2, -0.15) is 0 Å². The highest BCUT2D eigenvalue weighted by Crippen LogP contribution is 2.33. The first kappa shape index (κ1) is 23.2. The van der Waals surface area contributed by atoms with Crippen LogP contribution in [0.15, 0.2) is 66.7 Å². The molecule has 2 N–H and O–H groups in total. The van der Waals surface area contributed by atoms with E-state index in [4.69, 9.17) is 9.47 Å². The average molecular weight is 474 g/mol. The Balaban J connectivity index is 1.11. The van der Waals surface area contributed by atoms with Crippen molar-refractivity contribution in [3.05, 3.63) is 72.3 Å². The molecule has 5 rings (SSSR count). The molecule has 182 valence electrons. The zero-order chi connectivity index (χ0) is 24.2. The van der Waals surface area contributed by atoms with Crippen LogP contribution >= 0.6 is 0 Å². The van der Waals surface area contributed by atoms with Crippen molar-refractivity contribution in [3.63, 3.8) is 0 Å². The number of nitrogens with one attached hydrogen (secondary N) is 1. The number of H-pyrrole nitrogens is 1. The summed E-state index contributed by atoms with van der Waals surface area (Å²) in [6.45, 7) is 3.54. The van der Waals surface area contributed by atoms with Gasteiger partial charge in [-0.1, -0.05) is 36.4 Å². The van der Waals surface area contributed by atoms with Crippen LogP contribution in [0, 0.1) is 0 Å². The number of nitrogens with zero attached hydrogens (tertiary/aromatic N) is 2. The number of carbonyl (C=O) groups excluding carboxylic acids is 1. The van der Waals surface area contributed by atoms with Gasteiger partial charge in [-0.15, -0.1) is 0 Å². The van der Waals surface area contributed by atoms with Gasteiger partial charge in [0, 0.05) is 49.0 Å². The van der Waals surface area contributed by atoms with Gasteiger partial charge in [0.15, 0.2) is 0 Å². The first-order valence-electron chi connectivity index (χ1n) is 12.0. The lowest BCUT2D eigenvalue weighted by molar-refractivity contribution is -0.132. The van der Waals surface area contributed by atoms with Crippen molar-refractivity contribution in [2.24, 2.45) is 0 Å². The highest BCUT2D eigenvalue weighted by Gasteiger charge is 2.23. The molecule has 1 fully saturated rings. The molecule has 1 unspecified atom stereocenters. The monoisotopic (exact) mass is 473 g/mol. The Morgan fingerprint density at radius 1 is 0.971 bits per heavy atom. The first-order chi connectivity index (χ1) is 17.1. The van der Waals surface area contributed by atoms with Crippen LogP contribution < -0.4 is 9.47 Å². The first-order valence-corrected chi connectivity index (χ1v) is 12.0. The van der Waals surface area contributed by atoms with Gasteiger partial charge in [0.25, 0.3) is 0 Å². The van der Waals surface area contributed by atoms with Gasteiger partial charge < -0.3 is 24.5 Å². The highest BCUT2D eigenvalue weighted by molar-refractivity contribution is 6.10. The number of hydrogen-bond acceptors (Lipinski definition) is 5. The van der Waals surface area contributed by atoms with Gasteiger partial charge >= 0.3 is 0 Å². The normalized spacial score (nSPS) is 15.4. The van der Waals surface area contributed by atoms with Gasteiger partial charge in [0.1, 0.15) is 24.2 Å². The fraction of sp³-hybridized carbons (Fsp3) is 0.321. The second-order valence-corrected chi connectivity index (χ2v) is 9.02. The summed E-state index contributed by atoms with van der Waals surface area (Å²) >= 11 is 0. The molecule has 7 heteroatoms. The summed E-state index contributed by atoms with van der Waals surface area (Å²) in [5.41, 5.74) is 3.07. The number of ether oxygens (including phenoxy) is 2. The van der Waals surface area contributed by atoms with Gasteiger partial charge in [0.05, 0.1) is 19.0 Å². The van der Waals surface area contributed by atoms with Crippen LogP contribution in [0.1, 0.15) is 5.56 Å². The maximum Gasteiger partial charge on any atom is 0.227 e. The lowest BCUT2D eigenvalue weighted by atomic mass is 10.1. The smallest absolute Gasteiger partial charge is 0.227 e. The van der Waals surface area contributed by atoms with Crippen molar-refractivity contribution in [3.8, 4) is 11.5 Å². The second-order valence-electron chi connectivity index (χ2n) is 9.02. The standard InChI is InChI=1S/C28H31N3O4/c1-34-22-11-9-20(10-12-22)17-27(33)31-15-13-30(14-16-31)18-21(32)19-35-26-8-4-7-25-28(26)23-5-2-3-6-24(23)29-25/h2-12,21,29,32H,13-19H2,1H3. The predicted molar refractivity (Wildman–Crippen MR) is 137 cm³/mol. The number of para-hydroxylation sites is 1. The summed E-state index contributed by atoms with van der Waals surface area (Å²) in [4.78, 5) is 20.2. The Morgan fingerprint density at radius 2 is 1.71 bits per heavy atom. The topological polar surface area (TPSA) is 78.0 Å². The number of fused-ring (bicyclic) bond motifs is 3. The largest absolute Gasteiger partial charge is 0.497 e. The third kappa shape index (κ3) is 5.26. The maximum atomic E-state index is 12.7. The number of aliphatic hydroxyl groups is 1. The van der Waals surface area contributed by atoms with E-state index in [1.165, 1.54) is 0 Å². The van der Waals surface area contributed by atoms with Crippen LogP contribution in [0.25, 0.3) is 21.8 Å². The molecule has 0 bridgehead atoms. The van der Waals surface area contributed by atoms with Crippen molar-refractivity contribution >= 4 is 27.7 Å². The number of aliphatic hydroxyl groups excluding tert-OH is 1. The van der Waals surface area contributed by atoms with E-state index in [9.17, 15) is 9.90 Å². The SMILES string of the molecule is COc1ccc(CC(=O)N2CCN(CC(O)COc3cccc4[nH]c5ccccc5c34)CC2)cc1. The second kappa shape index (κ2) is 10.4. The number of benzene rings is 3. The quantitative estimate of drug-likeness (QED) is 0.410. The average Bonchev–Trinajstić information content (AvgIpc) is 3.27. The number of carbonyl (C=O) groups is 1. The molecule has 35 heavy (non-hydrogen) atoms. The fourth-order valence-corrected chi connectivity index (χ4v) is 4.73. The van der Waals surface area contributed by atoms with Crippen LogP contribution in [0.4, 0.5) is 0 Å². The molecule has 1 saturated heterocycles. The van der Waals surface area contributed by atoms with Crippen LogP contribution in [0.3, 0.4) is 0 Å². The molecule has 1 aliphatic heterocycles. The summed E-state index contributed by atoms with van der Waals surface area (Å²) in [6.07, 6.45) is -0.225. The summed E-state index contributed by atoms with van der Waals surface area (Å²) in [7, 11) is 1.63. The van der Waals surface area contributed by atoms with E-state index in [1.54, 1.807) is 7.11 Å². The minimum absolute atomic E-state index is 0.130. The predicted octanol–water partition coefficient (Wildman–Crippen LogP) is 3.46. The molecular weight excluding hydrogens is 442 g/mol. The molecule has 0 saturated carbocycles. The molecule has 1 amide bonds. The molecule has 3 aromatic carbocycles. The van der Waals surface area contributed by atoms with Gasteiger partial charge in [-0.25, -0.2) is 0 Å². The Bertz CT molecular complexity index is 1290. The Morgan fingerprint density at radius 3 is 2.49 bits per heavy atom. The van der Waals surface area contributed by atoms with Crippen LogP contribution in [0.2, 0.25) is 0 Å². The molecule has 0 radical (unpaired) electrons. The van der Waals surface area contributed by atoms with E-state index in [1.807, 2.05) is 59.5 Å². The Hall–Kier alpha value is -3.55. The van der Waals surface area contributed by atoms with E-state index >= 15 is 0 Å². The maximum absolute atomic E-state index is 12.7. The van der Waals surface area contributed by atoms with Crippen molar-refractivity contribution in [2.75, 3.05) is 46.4 Å². The molecule has 1 aliphatic rings. The van der Waals surface area contributed by atoms with Gasteiger partial charge in [-0.05, 0) is 35.9 Å². The molecule has 7 nitrogen and oxygen atoms in total. The lowest BCUT2D eigenvalue weighted by Gasteiger charge is -2.35. The van der Waals surface area contributed by atoms with Crippen molar-refractivity contribution < 1.29 is 19.4 Å². The van der Waals surface area contributed by atoms with Crippen molar-refractivity contribution in [2.45, 2.75) is 12.5 Å². The highest BCUT2D eigenvalue weighted by atomic mass is 16.5. The van der Waals surface area contributed by atoms with Gasteiger partial charge in [-0.3, -0.25) is 9.69 Å². The Kier molecular flexibility index (Phi) is 6.88. The molecule has 1 aromatic heterocycles. The number of hydrogen-bond donors (Lipinski definition) is 2. The van der Waals surface area contributed by atoms with Crippen LogP contribution in [0.5, 0.6) is 11.5 Å². The number of aromatic nitrogens is 1. The molecule has 1 atom stereocenters. The van der Waals surface area contributed by atoms with Crippen molar-refractivity contribution in [1.82, 2.24) is 14.8 Å². The number of aromatic amines is 1. The summed E-state index contributed by atoms with van der Waals surface area (Å²) in [5, 5.41) is 12.8. The number of β-amino-alcohol motifs (C(OH)–C–C–N with tert-alkyl or cyclic N) is 1. The van der Waals surface area contributed by atoms with E-state index in [0.717, 1.165) is 52.0 Å². The minimum Gasteiger partial charge on any atom is -0.497 e. The number of rotatable bonds is 8. The third-order valence-electron chi connectivity index (χ3n) is 6.63. The minimum atomic E-state index is -0.614. The van der Waals surface area contributed by atoms with E-state index in [2.05, 4.69) is 22.0 Å². The Labute approximate surface area is 204 Å². The fourth-order valence-electron chi connectivity index (χ4n) is 4.73. The molecule has 0 aliphatic carbocycles. The summed E-state index contributed by atoms with van der Waals surface area (Å²) < 4.78 is 11.2. The molecule has 0 spiro atoms. The summed E-state index contributed by atoms with van der Waals surface area (Å²) in [5.74, 6) is 1.69. The van der Waals surface area contributed by atoms with E-state index < -0.39 is 6.10 Å². The van der Waals surface area contributed by atoms with E-state index in [-0.39, 0.29) is 12.5 Å². The number of piperazine rings is 1. The molecular formula is C28H31N3O4. The van der Waals surface area contributed by atoms with Crippen LogP contribution in [-0.2, 0) is 11.2 Å². The number of amides is 1. The van der Waals surface area contributed by atoms with E-state index in [0.29, 0.717) is 26.1 Å².